The van der Waals surface area contributed by atoms with Crippen molar-refractivity contribution in [3.63, 3.8) is 0 Å². The molecule has 0 atom stereocenters. The lowest BCUT2D eigenvalue weighted by atomic mass is 10.4. The molecular weight excluding hydrogens is 177 g/mol. The molecule has 0 heterocycles. The van der Waals surface area contributed by atoms with E-state index in [9.17, 15) is 18.0 Å². The van der Waals surface area contributed by atoms with Gasteiger partial charge in [-0.25, -0.2) is 9.18 Å². The Morgan fingerprint density at radius 2 is 1.75 bits per heavy atom. The van der Waals surface area contributed by atoms with Gasteiger partial charge in [-0.1, -0.05) is 6.58 Å². The van der Waals surface area contributed by atoms with Crippen LogP contribution in [0.25, 0.3) is 0 Å². The van der Waals surface area contributed by atoms with Crippen LogP contribution in [0.1, 0.15) is 6.92 Å². The Labute approximate surface area is 67.1 Å². The second-order valence-electron chi connectivity index (χ2n) is 1.88. The Hall–Kier alpha value is -1.04. The fraction of sp³-hybridized carbons (Fsp3) is 0.500. The van der Waals surface area contributed by atoms with Crippen LogP contribution in [0, 0.1) is 0 Å². The van der Waals surface area contributed by atoms with E-state index < -0.39 is 18.8 Å². The number of carboxylic acids is 1. The molecule has 0 fully saturated rings. The first-order chi connectivity index (χ1) is 5.20. The molecule has 3 nitrogen and oxygen atoms in total. The predicted octanol–water partition coefficient (Wildman–Crippen LogP) is 1.19. The van der Waals surface area contributed by atoms with Crippen molar-refractivity contribution in [3.05, 3.63) is 12.2 Å². The number of aliphatic hydroxyl groups is 1. The van der Waals surface area contributed by atoms with Crippen molar-refractivity contribution in [1.29, 1.82) is 0 Å². The Morgan fingerprint density at radius 1 is 1.58 bits per heavy atom. The fourth-order valence-corrected chi connectivity index (χ4v) is 0. The Bertz CT molecular complexity index is 150. The molecule has 0 spiro atoms. The molecule has 12 heavy (non-hydrogen) atoms. The number of carbonyl (C=O) groups is 1. The maximum absolute atomic E-state index is 10.6. The Kier molecular flexibility index (Phi) is 6.31. The molecule has 0 aromatic carbocycles. The highest BCUT2D eigenvalue weighted by molar-refractivity contribution is 5.84. The van der Waals surface area contributed by atoms with Crippen LogP contribution in [0.4, 0.5) is 13.2 Å². The van der Waals surface area contributed by atoms with Crippen molar-refractivity contribution >= 4 is 5.97 Å². The number of hydrogen-bond acceptors (Lipinski definition) is 2. The topological polar surface area (TPSA) is 57.5 Å². The van der Waals surface area contributed by atoms with Gasteiger partial charge in [-0.3, -0.25) is 0 Å². The van der Waals surface area contributed by atoms with E-state index in [1.807, 2.05) is 0 Å². The van der Waals surface area contributed by atoms with Crippen LogP contribution in [0.5, 0.6) is 0 Å². The third-order valence-corrected chi connectivity index (χ3v) is 0.526. The van der Waals surface area contributed by atoms with E-state index in [4.69, 9.17) is 10.2 Å². The number of aliphatic carboxylic acids is 1. The first kappa shape index (κ1) is 13.5. The molecule has 0 aliphatic heterocycles. The van der Waals surface area contributed by atoms with Gasteiger partial charge in [-0.05, 0) is 6.92 Å². The van der Waals surface area contributed by atoms with Gasteiger partial charge in [0.15, 0.2) is 6.67 Å². The molecular formula is C6H9F3O3. The zero-order valence-electron chi connectivity index (χ0n) is 6.35. The normalized spacial score (nSPS) is 9.75. The molecule has 0 aliphatic carbocycles. The second-order valence-corrected chi connectivity index (χ2v) is 1.88. The summed E-state index contributed by atoms with van der Waals surface area (Å²) in [6.07, 6.45) is -4.12. The highest BCUT2D eigenvalue weighted by atomic mass is 19.3. The summed E-state index contributed by atoms with van der Waals surface area (Å²) in [5.41, 5.74) is 0.176. The molecule has 0 saturated heterocycles. The lowest BCUT2D eigenvalue weighted by Gasteiger charge is -1.97. The summed E-state index contributed by atoms with van der Waals surface area (Å²) in [4.78, 5) is 9.60. The van der Waals surface area contributed by atoms with Crippen LogP contribution in [0.15, 0.2) is 12.2 Å². The average Bonchev–Trinajstić information content (AvgIpc) is 1.87. The average molecular weight is 186 g/mol. The molecule has 0 unspecified atom stereocenters. The highest BCUT2D eigenvalue weighted by Crippen LogP contribution is 2.06. The summed E-state index contributed by atoms with van der Waals surface area (Å²) in [6.45, 7) is 2.59. The van der Waals surface area contributed by atoms with E-state index in [0.717, 1.165) is 0 Å². The summed E-state index contributed by atoms with van der Waals surface area (Å²) < 4.78 is 31.8. The van der Waals surface area contributed by atoms with Gasteiger partial charge in [0.25, 0.3) is 0 Å². The number of carboxylic acid groups (broad SMARTS) is 1. The maximum Gasteiger partial charge on any atom is 0.381 e. The van der Waals surface area contributed by atoms with Crippen molar-refractivity contribution in [2.24, 2.45) is 0 Å². The SMILES string of the molecule is C=C(C)C(=O)O.OC(F)(F)CF. The van der Waals surface area contributed by atoms with Gasteiger partial charge >= 0.3 is 12.1 Å². The summed E-state index contributed by atoms with van der Waals surface area (Å²) in [5, 5.41) is 15.0. The van der Waals surface area contributed by atoms with Crippen molar-refractivity contribution < 1.29 is 28.2 Å². The Balaban J connectivity index is 0. The van der Waals surface area contributed by atoms with Gasteiger partial charge in [0.2, 0.25) is 0 Å². The monoisotopic (exact) mass is 186 g/mol. The van der Waals surface area contributed by atoms with Crippen molar-refractivity contribution in [3.8, 4) is 0 Å². The van der Waals surface area contributed by atoms with Crippen LogP contribution < -0.4 is 0 Å². The van der Waals surface area contributed by atoms with Gasteiger partial charge < -0.3 is 10.2 Å². The largest absolute Gasteiger partial charge is 0.478 e. The molecule has 0 aromatic heterocycles. The molecule has 6 heteroatoms. The van der Waals surface area contributed by atoms with Crippen LogP contribution in [-0.4, -0.2) is 29.0 Å². The molecule has 0 rings (SSSR count). The molecule has 0 aliphatic rings. The standard InChI is InChI=1S/C4H6O2.C2H3F3O/c1-3(2)4(5)6;3-1-2(4,5)6/h1H2,2H3,(H,5,6);6H,1H2. The quantitative estimate of drug-likeness (QED) is 0.637. The zero-order chi connectivity index (χ0) is 10.4. The number of hydrogen-bond donors (Lipinski definition) is 2. The van der Waals surface area contributed by atoms with E-state index in [0.29, 0.717) is 0 Å². The van der Waals surface area contributed by atoms with Gasteiger partial charge in [0.05, 0.1) is 0 Å². The smallest absolute Gasteiger partial charge is 0.381 e. The minimum Gasteiger partial charge on any atom is -0.478 e. The first-order valence-corrected chi connectivity index (χ1v) is 2.75. The highest BCUT2D eigenvalue weighted by Gasteiger charge is 2.22. The lowest BCUT2D eigenvalue weighted by molar-refractivity contribution is -0.208. The van der Waals surface area contributed by atoms with E-state index in [2.05, 4.69) is 6.58 Å². The number of rotatable bonds is 2. The second kappa shape index (κ2) is 5.59. The minimum atomic E-state index is -4.12. The van der Waals surface area contributed by atoms with Crippen LogP contribution in [-0.2, 0) is 4.79 Å². The summed E-state index contributed by atoms with van der Waals surface area (Å²) >= 11 is 0. The van der Waals surface area contributed by atoms with Gasteiger partial charge in [0, 0.05) is 5.57 Å². The minimum absolute atomic E-state index is 0.176. The van der Waals surface area contributed by atoms with Gasteiger partial charge in [0.1, 0.15) is 0 Å². The summed E-state index contributed by atoms with van der Waals surface area (Å²) in [6, 6.07) is 0. The van der Waals surface area contributed by atoms with Crippen molar-refractivity contribution in [2.75, 3.05) is 6.67 Å². The molecule has 0 radical (unpaired) electrons. The number of alkyl halides is 3. The third-order valence-electron chi connectivity index (χ3n) is 0.526. The molecule has 0 amide bonds. The van der Waals surface area contributed by atoms with E-state index in [1.54, 1.807) is 0 Å². The molecule has 72 valence electrons. The predicted molar refractivity (Wildman–Crippen MR) is 35.6 cm³/mol. The van der Waals surface area contributed by atoms with Crippen LogP contribution in [0.2, 0.25) is 0 Å². The fourth-order valence-electron chi connectivity index (χ4n) is 0. The molecule has 0 bridgehead atoms. The van der Waals surface area contributed by atoms with E-state index in [-0.39, 0.29) is 5.57 Å². The van der Waals surface area contributed by atoms with Crippen molar-refractivity contribution in [2.45, 2.75) is 13.0 Å². The van der Waals surface area contributed by atoms with Gasteiger partial charge in [-0.2, -0.15) is 8.78 Å². The van der Waals surface area contributed by atoms with E-state index >= 15 is 0 Å². The third kappa shape index (κ3) is 16.0. The van der Waals surface area contributed by atoms with Gasteiger partial charge in [-0.15, -0.1) is 0 Å². The lowest BCUT2D eigenvalue weighted by Crippen LogP contribution is -2.15. The number of halogens is 3. The van der Waals surface area contributed by atoms with Crippen LogP contribution in [0.3, 0.4) is 0 Å². The summed E-state index contributed by atoms with van der Waals surface area (Å²) in [7, 11) is 0. The molecule has 0 aromatic rings. The molecule has 2 N–H and O–H groups in total. The van der Waals surface area contributed by atoms with Crippen LogP contribution >= 0.6 is 0 Å². The first-order valence-electron chi connectivity index (χ1n) is 2.75. The van der Waals surface area contributed by atoms with Crippen molar-refractivity contribution in [1.82, 2.24) is 0 Å². The molecule has 0 saturated carbocycles. The maximum atomic E-state index is 10.6. The van der Waals surface area contributed by atoms with E-state index in [1.165, 1.54) is 6.92 Å². The Morgan fingerprint density at radius 3 is 1.75 bits per heavy atom. The summed E-state index contributed by atoms with van der Waals surface area (Å²) in [5.74, 6) is -0.935. The zero-order valence-corrected chi connectivity index (χ0v) is 6.35.